The van der Waals surface area contributed by atoms with Crippen LogP contribution < -0.4 is 0 Å². The third kappa shape index (κ3) is 2.94. The zero-order valence-corrected chi connectivity index (χ0v) is 8.40. The van der Waals surface area contributed by atoms with Crippen molar-refractivity contribution >= 4 is 11.7 Å². The average Bonchev–Trinajstić information content (AvgIpc) is 2.66. The molecule has 14 heavy (non-hydrogen) atoms. The number of carbonyl (C=O) groups excluding carboxylic acids is 1. The maximum atomic E-state index is 11.2. The van der Waals surface area contributed by atoms with Crippen LogP contribution in [0.3, 0.4) is 0 Å². The van der Waals surface area contributed by atoms with E-state index >= 15 is 0 Å². The predicted octanol–water partition coefficient (Wildman–Crippen LogP) is 0.316. The average molecular weight is 197 g/mol. The van der Waals surface area contributed by atoms with E-state index < -0.39 is 5.97 Å². The number of hydrogen-bond acceptors (Lipinski definition) is 3. The summed E-state index contributed by atoms with van der Waals surface area (Å²) in [6.45, 7) is 4.33. The van der Waals surface area contributed by atoms with E-state index in [2.05, 4.69) is 9.69 Å². The molecule has 0 amide bonds. The van der Waals surface area contributed by atoms with Crippen LogP contribution in [0.4, 0.5) is 0 Å². The van der Waals surface area contributed by atoms with Crippen LogP contribution in [0.1, 0.15) is 19.8 Å². The van der Waals surface area contributed by atoms with Gasteiger partial charge in [-0.1, -0.05) is 0 Å². The molecule has 0 aromatic carbocycles. The highest BCUT2D eigenvalue weighted by atomic mass is 16.5. The Hall–Kier alpha value is -1.19. The molecule has 0 aromatic heterocycles. The molecule has 0 spiro atoms. The van der Waals surface area contributed by atoms with Gasteiger partial charge < -0.3 is 10.3 Å². The molecule has 1 fully saturated rings. The van der Waals surface area contributed by atoms with Crippen LogP contribution in [0, 0.1) is 0 Å². The minimum Gasteiger partial charge on any atom is -0.457 e. The van der Waals surface area contributed by atoms with E-state index in [4.69, 9.17) is 10.3 Å². The van der Waals surface area contributed by atoms with E-state index in [-0.39, 0.29) is 5.71 Å². The molecule has 0 aliphatic carbocycles. The third-order valence-corrected chi connectivity index (χ3v) is 2.20. The van der Waals surface area contributed by atoms with E-state index in [1.165, 1.54) is 0 Å². The van der Waals surface area contributed by atoms with Crippen molar-refractivity contribution in [1.82, 2.24) is 4.90 Å². The zero-order chi connectivity index (χ0) is 10.4. The molecule has 0 atom stereocenters. The monoisotopic (exact) mass is 197 g/mol. The molecule has 0 bridgehead atoms. The SMILES string of the molecule is CCOC(=O)C(CN1CCCC1)=[N+]=[N-]. The largest absolute Gasteiger partial charge is 0.457 e. The molecule has 5 heteroatoms. The van der Waals surface area contributed by atoms with Crippen LogP contribution >= 0.6 is 0 Å². The standard InChI is InChI=1S/C9H15N3O2/c1-2-14-9(13)8(11-10)7-12-5-3-4-6-12/h2-7H2,1H3. The second-order valence-corrected chi connectivity index (χ2v) is 3.25. The van der Waals surface area contributed by atoms with Crippen LogP contribution in [-0.2, 0) is 9.53 Å². The van der Waals surface area contributed by atoms with Gasteiger partial charge in [-0.05, 0) is 32.9 Å². The normalized spacial score (nSPS) is 16.4. The Kier molecular flexibility index (Phi) is 4.29. The van der Waals surface area contributed by atoms with Crippen molar-refractivity contribution in [2.45, 2.75) is 19.8 Å². The summed E-state index contributed by atoms with van der Waals surface area (Å²) in [6, 6.07) is 0. The van der Waals surface area contributed by atoms with Gasteiger partial charge in [0, 0.05) is 0 Å². The first-order chi connectivity index (χ1) is 6.77. The van der Waals surface area contributed by atoms with Gasteiger partial charge >= 0.3 is 11.7 Å². The molecule has 0 N–H and O–H groups in total. The van der Waals surface area contributed by atoms with Gasteiger partial charge in [0.15, 0.2) is 0 Å². The molecule has 1 saturated heterocycles. The van der Waals surface area contributed by atoms with Crippen LogP contribution in [0.25, 0.3) is 5.53 Å². The summed E-state index contributed by atoms with van der Waals surface area (Å²) in [5.74, 6) is -0.526. The Bertz CT molecular complexity index is 253. The fourth-order valence-electron chi connectivity index (χ4n) is 1.50. The Morgan fingerprint density at radius 3 is 2.64 bits per heavy atom. The molecule has 1 heterocycles. The smallest absolute Gasteiger partial charge is 0.418 e. The number of ether oxygens (including phenoxy) is 1. The first kappa shape index (κ1) is 10.9. The van der Waals surface area contributed by atoms with E-state index in [9.17, 15) is 4.79 Å². The van der Waals surface area contributed by atoms with E-state index in [1.807, 2.05) is 0 Å². The number of hydrogen-bond donors (Lipinski definition) is 0. The van der Waals surface area contributed by atoms with E-state index in [1.54, 1.807) is 6.92 Å². The summed E-state index contributed by atoms with van der Waals surface area (Å²) in [7, 11) is 0. The Morgan fingerprint density at radius 2 is 2.14 bits per heavy atom. The fourth-order valence-corrected chi connectivity index (χ4v) is 1.50. The second kappa shape index (κ2) is 5.52. The number of rotatable bonds is 4. The van der Waals surface area contributed by atoms with E-state index in [0.717, 1.165) is 25.9 Å². The molecule has 1 rings (SSSR count). The molecule has 0 saturated carbocycles. The quantitative estimate of drug-likeness (QED) is 0.282. The lowest BCUT2D eigenvalue weighted by molar-refractivity contribution is -0.140. The van der Waals surface area contributed by atoms with Gasteiger partial charge in [-0.3, -0.25) is 4.90 Å². The third-order valence-electron chi connectivity index (χ3n) is 2.20. The predicted molar refractivity (Wildman–Crippen MR) is 50.9 cm³/mol. The Balaban J connectivity index is 2.46. The van der Waals surface area contributed by atoms with Crippen molar-refractivity contribution in [1.29, 1.82) is 0 Å². The molecular formula is C9H15N3O2. The summed E-state index contributed by atoms with van der Waals surface area (Å²) in [5.41, 5.74) is 8.74. The lowest BCUT2D eigenvalue weighted by Gasteiger charge is -2.09. The molecule has 1 aliphatic rings. The van der Waals surface area contributed by atoms with Crippen molar-refractivity contribution < 1.29 is 14.3 Å². The van der Waals surface area contributed by atoms with Crippen molar-refractivity contribution in [3.63, 3.8) is 0 Å². The first-order valence-electron chi connectivity index (χ1n) is 4.88. The van der Waals surface area contributed by atoms with Crippen molar-refractivity contribution in [2.24, 2.45) is 0 Å². The lowest BCUT2D eigenvalue weighted by atomic mass is 10.3. The first-order valence-corrected chi connectivity index (χ1v) is 4.88. The number of carbonyl (C=O) groups is 1. The summed E-state index contributed by atoms with van der Waals surface area (Å²) in [6.07, 6.45) is 2.28. The maximum absolute atomic E-state index is 11.2. The molecule has 5 nitrogen and oxygen atoms in total. The maximum Gasteiger partial charge on any atom is 0.418 e. The van der Waals surface area contributed by atoms with Gasteiger partial charge in [0.25, 0.3) is 0 Å². The minimum atomic E-state index is -0.526. The minimum absolute atomic E-state index is 0.0914. The Labute approximate surface area is 83.3 Å². The second-order valence-electron chi connectivity index (χ2n) is 3.25. The van der Waals surface area contributed by atoms with Crippen molar-refractivity contribution in [3.8, 4) is 0 Å². The summed E-state index contributed by atoms with van der Waals surface area (Å²) >= 11 is 0. The highest BCUT2D eigenvalue weighted by Gasteiger charge is 2.26. The molecule has 0 aromatic rings. The molecule has 78 valence electrons. The van der Waals surface area contributed by atoms with Crippen LogP contribution in [-0.4, -0.2) is 47.6 Å². The zero-order valence-electron chi connectivity index (χ0n) is 8.40. The van der Waals surface area contributed by atoms with Gasteiger partial charge in [-0.15, -0.1) is 0 Å². The van der Waals surface area contributed by atoms with Crippen LogP contribution in [0.2, 0.25) is 0 Å². The van der Waals surface area contributed by atoms with Crippen LogP contribution in [0.5, 0.6) is 0 Å². The number of nitrogens with zero attached hydrogens (tertiary/aromatic N) is 3. The lowest BCUT2D eigenvalue weighted by Crippen LogP contribution is -2.33. The van der Waals surface area contributed by atoms with Crippen LogP contribution in [0.15, 0.2) is 0 Å². The van der Waals surface area contributed by atoms with Gasteiger partial charge in [0.2, 0.25) is 0 Å². The summed E-state index contributed by atoms with van der Waals surface area (Å²) < 4.78 is 4.75. The Morgan fingerprint density at radius 1 is 1.50 bits per heavy atom. The van der Waals surface area contributed by atoms with Gasteiger partial charge in [0.05, 0.1) is 6.61 Å². The van der Waals surface area contributed by atoms with Gasteiger partial charge in [-0.25, -0.2) is 4.79 Å². The molecular weight excluding hydrogens is 182 g/mol. The molecule has 0 unspecified atom stereocenters. The number of esters is 1. The molecule has 1 aliphatic heterocycles. The molecule has 0 radical (unpaired) electrons. The van der Waals surface area contributed by atoms with E-state index in [0.29, 0.717) is 13.2 Å². The summed E-state index contributed by atoms with van der Waals surface area (Å²) in [5, 5.41) is 0. The summed E-state index contributed by atoms with van der Waals surface area (Å²) in [4.78, 5) is 16.3. The highest BCUT2D eigenvalue weighted by molar-refractivity contribution is 6.34. The number of likely N-dealkylation sites (tertiary alicyclic amines) is 1. The fraction of sp³-hybridized carbons (Fsp3) is 0.778. The van der Waals surface area contributed by atoms with Gasteiger partial charge in [0.1, 0.15) is 6.54 Å². The topological polar surface area (TPSA) is 65.9 Å². The van der Waals surface area contributed by atoms with Crippen molar-refractivity contribution in [2.75, 3.05) is 26.2 Å². The highest BCUT2D eigenvalue weighted by Crippen LogP contribution is 2.06. The van der Waals surface area contributed by atoms with Crippen molar-refractivity contribution in [3.05, 3.63) is 5.53 Å². The van der Waals surface area contributed by atoms with Gasteiger partial charge in [-0.2, -0.15) is 4.79 Å².